The number of rotatable bonds is 5. The minimum absolute atomic E-state index is 0.0277. The minimum atomic E-state index is -0.350. The third-order valence-electron chi connectivity index (χ3n) is 8.11. The van der Waals surface area contributed by atoms with Gasteiger partial charge in [0.1, 0.15) is 5.82 Å². The molecule has 8 nitrogen and oxygen atoms in total. The SMILES string of the molecule is Cn1c(=O)n(C)c2cc(C(=O)N3CCC(c4ccc(NC(=O)c5cccnc5-c5ccc(F)cc5)cc4)CC3)ccc21. The first-order valence-electron chi connectivity index (χ1n) is 13.9. The number of pyridine rings is 1. The molecule has 3 aromatic carbocycles. The van der Waals surface area contributed by atoms with Gasteiger partial charge in [-0.05, 0) is 91.1 Å². The van der Waals surface area contributed by atoms with Crippen molar-refractivity contribution in [2.75, 3.05) is 18.4 Å². The first-order chi connectivity index (χ1) is 20.3. The van der Waals surface area contributed by atoms with Crippen LogP contribution in [-0.2, 0) is 14.1 Å². The zero-order valence-electron chi connectivity index (χ0n) is 23.4. The van der Waals surface area contributed by atoms with Gasteiger partial charge in [0.15, 0.2) is 0 Å². The number of carbonyl (C=O) groups is 2. The van der Waals surface area contributed by atoms with Crippen molar-refractivity contribution in [3.8, 4) is 11.3 Å². The zero-order valence-corrected chi connectivity index (χ0v) is 23.4. The van der Waals surface area contributed by atoms with Crippen molar-refractivity contribution in [2.24, 2.45) is 14.1 Å². The van der Waals surface area contributed by atoms with E-state index in [1.807, 2.05) is 35.2 Å². The molecular formula is C33H30FN5O3. The predicted octanol–water partition coefficient (Wildman–Crippen LogP) is 5.35. The standard InChI is InChI=1S/C33H30FN5O3/c1-37-28-14-9-24(20-29(28)38(2)33(37)42)32(41)39-18-15-22(16-19-39)21-7-12-26(13-8-21)36-31(40)27-4-3-17-35-30(27)23-5-10-25(34)11-6-23/h3-14,17,20,22H,15-16,18-19H2,1-2H3,(H,36,40). The molecule has 3 heterocycles. The number of imidazole rings is 1. The van der Waals surface area contributed by atoms with E-state index in [1.165, 1.54) is 12.1 Å². The van der Waals surface area contributed by atoms with Crippen molar-refractivity contribution < 1.29 is 14.0 Å². The Hall–Kier alpha value is -5.05. The Bertz CT molecular complexity index is 1850. The molecule has 0 radical (unpaired) electrons. The quantitative estimate of drug-likeness (QED) is 0.312. The lowest BCUT2D eigenvalue weighted by atomic mass is 9.89. The Labute approximate surface area is 242 Å². The van der Waals surface area contributed by atoms with Crippen LogP contribution < -0.4 is 11.0 Å². The largest absolute Gasteiger partial charge is 0.339 e. The lowest BCUT2D eigenvalue weighted by Gasteiger charge is -2.32. The fraction of sp³-hybridized carbons (Fsp3) is 0.212. The number of nitrogens with one attached hydrogen (secondary N) is 1. The predicted molar refractivity (Wildman–Crippen MR) is 160 cm³/mol. The van der Waals surface area contributed by atoms with Crippen molar-refractivity contribution in [1.29, 1.82) is 0 Å². The molecule has 0 spiro atoms. The number of anilines is 1. The zero-order chi connectivity index (χ0) is 29.4. The van der Waals surface area contributed by atoms with Crippen LogP contribution in [0.1, 0.15) is 45.0 Å². The molecule has 0 unspecified atom stereocenters. The molecule has 212 valence electrons. The Morgan fingerprint density at radius 2 is 1.57 bits per heavy atom. The molecule has 0 aliphatic carbocycles. The second kappa shape index (κ2) is 11.1. The van der Waals surface area contributed by atoms with E-state index in [2.05, 4.69) is 10.3 Å². The molecule has 2 aromatic heterocycles. The number of likely N-dealkylation sites (tertiary alicyclic amines) is 1. The normalized spacial score (nSPS) is 13.8. The van der Waals surface area contributed by atoms with Gasteiger partial charge in [0.2, 0.25) is 0 Å². The molecule has 0 atom stereocenters. The van der Waals surface area contributed by atoms with Gasteiger partial charge < -0.3 is 10.2 Å². The van der Waals surface area contributed by atoms with Gasteiger partial charge in [0.05, 0.1) is 22.3 Å². The number of halogens is 1. The Kier molecular flexibility index (Phi) is 7.16. The Morgan fingerprint density at radius 3 is 2.29 bits per heavy atom. The number of amides is 2. The van der Waals surface area contributed by atoms with Gasteiger partial charge >= 0.3 is 5.69 Å². The van der Waals surface area contributed by atoms with Crippen LogP contribution in [0.5, 0.6) is 0 Å². The summed E-state index contributed by atoms with van der Waals surface area (Å²) in [6, 6.07) is 22.5. The minimum Gasteiger partial charge on any atom is -0.339 e. The van der Waals surface area contributed by atoms with E-state index in [1.54, 1.807) is 65.8 Å². The van der Waals surface area contributed by atoms with E-state index in [0.29, 0.717) is 47.1 Å². The number of hydrogen-bond acceptors (Lipinski definition) is 4. The van der Waals surface area contributed by atoms with E-state index in [-0.39, 0.29) is 23.3 Å². The summed E-state index contributed by atoms with van der Waals surface area (Å²) in [5.74, 6) is -0.368. The molecule has 1 fully saturated rings. The molecule has 1 saturated heterocycles. The van der Waals surface area contributed by atoms with Crippen molar-refractivity contribution in [3.05, 3.63) is 118 Å². The van der Waals surface area contributed by atoms with Gasteiger partial charge in [-0.2, -0.15) is 0 Å². The maximum absolute atomic E-state index is 13.4. The summed E-state index contributed by atoms with van der Waals surface area (Å²) in [7, 11) is 3.44. The maximum atomic E-state index is 13.4. The van der Waals surface area contributed by atoms with E-state index >= 15 is 0 Å². The summed E-state index contributed by atoms with van der Waals surface area (Å²) >= 11 is 0. The molecule has 0 bridgehead atoms. The summed E-state index contributed by atoms with van der Waals surface area (Å²) in [6.07, 6.45) is 3.27. The van der Waals surface area contributed by atoms with E-state index in [4.69, 9.17) is 0 Å². The average molecular weight is 564 g/mol. The highest BCUT2D eigenvalue weighted by atomic mass is 19.1. The highest BCUT2D eigenvalue weighted by Crippen LogP contribution is 2.30. The third-order valence-corrected chi connectivity index (χ3v) is 8.11. The summed E-state index contributed by atoms with van der Waals surface area (Å²) < 4.78 is 16.5. The Morgan fingerprint density at radius 1 is 0.881 bits per heavy atom. The van der Waals surface area contributed by atoms with Crippen LogP contribution in [0.25, 0.3) is 22.3 Å². The molecule has 1 aliphatic heterocycles. The number of nitrogens with zero attached hydrogens (tertiary/aromatic N) is 4. The highest BCUT2D eigenvalue weighted by molar-refractivity contribution is 6.08. The van der Waals surface area contributed by atoms with Crippen LogP contribution >= 0.6 is 0 Å². The molecule has 5 aromatic rings. The van der Waals surface area contributed by atoms with Crippen molar-refractivity contribution in [2.45, 2.75) is 18.8 Å². The lowest BCUT2D eigenvalue weighted by molar-refractivity contribution is 0.0713. The topological polar surface area (TPSA) is 89.2 Å². The van der Waals surface area contributed by atoms with Crippen molar-refractivity contribution >= 4 is 28.5 Å². The summed E-state index contributed by atoms with van der Waals surface area (Å²) in [4.78, 5) is 44.8. The highest BCUT2D eigenvalue weighted by Gasteiger charge is 2.25. The van der Waals surface area contributed by atoms with Gasteiger partial charge in [-0.25, -0.2) is 9.18 Å². The number of hydrogen-bond donors (Lipinski definition) is 1. The van der Waals surface area contributed by atoms with E-state index < -0.39 is 0 Å². The number of benzene rings is 3. The summed E-state index contributed by atoms with van der Waals surface area (Å²) in [5.41, 5.74) is 5.38. The van der Waals surface area contributed by atoms with Crippen LogP contribution in [0.2, 0.25) is 0 Å². The van der Waals surface area contributed by atoms with Gasteiger partial charge in [-0.1, -0.05) is 12.1 Å². The number of piperidine rings is 1. The first kappa shape index (κ1) is 27.1. The van der Waals surface area contributed by atoms with Gasteiger partial charge in [-0.3, -0.25) is 23.7 Å². The van der Waals surface area contributed by atoms with Gasteiger partial charge in [-0.15, -0.1) is 0 Å². The summed E-state index contributed by atoms with van der Waals surface area (Å²) in [5, 5.41) is 2.94. The molecule has 1 aliphatic rings. The van der Waals surface area contributed by atoms with Crippen LogP contribution in [0.3, 0.4) is 0 Å². The number of aryl methyl sites for hydroxylation is 2. The fourth-order valence-corrected chi connectivity index (χ4v) is 5.70. The molecule has 42 heavy (non-hydrogen) atoms. The number of aromatic nitrogens is 3. The second-order valence-electron chi connectivity index (χ2n) is 10.7. The van der Waals surface area contributed by atoms with E-state index in [9.17, 15) is 18.8 Å². The third kappa shape index (κ3) is 5.09. The van der Waals surface area contributed by atoms with Crippen LogP contribution in [0.15, 0.2) is 89.9 Å². The number of fused-ring (bicyclic) bond motifs is 1. The van der Waals surface area contributed by atoms with Crippen LogP contribution in [0, 0.1) is 5.82 Å². The second-order valence-corrected chi connectivity index (χ2v) is 10.7. The molecule has 2 amide bonds. The molecule has 6 rings (SSSR count). The maximum Gasteiger partial charge on any atom is 0.328 e. The van der Waals surface area contributed by atoms with Crippen LogP contribution in [-0.4, -0.2) is 43.9 Å². The monoisotopic (exact) mass is 563 g/mol. The smallest absolute Gasteiger partial charge is 0.328 e. The molecular weight excluding hydrogens is 533 g/mol. The van der Waals surface area contributed by atoms with E-state index in [0.717, 1.165) is 29.4 Å². The molecule has 0 saturated carbocycles. The van der Waals surface area contributed by atoms with Gasteiger partial charge in [0.25, 0.3) is 11.8 Å². The molecule has 9 heteroatoms. The average Bonchev–Trinajstić information content (AvgIpc) is 3.24. The summed E-state index contributed by atoms with van der Waals surface area (Å²) in [6.45, 7) is 1.28. The molecule has 1 N–H and O–H groups in total. The first-order valence-corrected chi connectivity index (χ1v) is 13.9. The lowest BCUT2D eigenvalue weighted by Crippen LogP contribution is -2.37. The fourth-order valence-electron chi connectivity index (χ4n) is 5.70. The van der Waals surface area contributed by atoms with Crippen molar-refractivity contribution in [3.63, 3.8) is 0 Å². The van der Waals surface area contributed by atoms with Gasteiger partial charge in [0, 0.05) is 50.2 Å². The van der Waals surface area contributed by atoms with Crippen LogP contribution in [0.4, 0.5) is 10.1 Å². The number of carbonyl (C=O) groups excluding carboxylic acids is 2. The van der Waals surface area contributed by atoms with Crippen molar-refractivity contribution in [1.82, 2.24) is 19.0 Å². The Balaban J connectivity index is 1.09.